The van der Waals surface area contributed by atoms with Gasteiger partial charge < -0.3 is 10.1 Å². The van der Waals surface area contributed by atoms with Gasteiger partial charge in [-0.15, -0.1) is 0 Å². The van der Waals surface area contributed by atoms with Crippen LogP contribution in [0.2, 0.25) is 0 Å². The summed E-state index contributed by atoms with van der Waals surface area (Å²) in [6.07, 6.45) is 0. The Morgan fingerprint density at radius 1 is 1.30 bits per heavy atom. The van der Waals surface area contributed by atoms with Gasteiger partial charge >= 0.3 is 0 Å². The molecule has 0 aliphatic carbocycles. The topological polar surface area (TPSA) is 62.1 Å². The minimum atomic E-state index is -0.241. The van der Waals surface area contributed by atoms with Crippen LogP contribution in [-0.2, 0) is 0 Å². The molecule has 5 heteroatoms. The lowest BCUT2D eigenvalue weighted by Gasteiger charge is -2.10. The van der Waals surface area contributed by atoms with Gasteiger partial charge in [0.25, 0.3) is 5.91 Å². The first-order valence-corrected chi connectivity index (χ1v) is 6.58. The monoisotopic (exact) mass is 330 g/mol. The number of rotatable bonds is 3. The summed E-state index contributed by atoms with van der Waals surface area (Å²) < 4.78 is 6.00. The van der Waals surface area contributed by atoms with Gasteiger partial charge in [0.15, 0.2) is 0 Å². The average Bonchev–Trinajstić information content (AvgIpc) is 2.47. The SMILES string of the molecule is COc1cc(C#N)ccc1NC(=O)c1cccc(Br)c1. The Balaban J connectivity index is 2.26. The number of hydrogen-bond donors (Lipinski definition) is 1. The van der Waals surface area contributed by atoms with Gasteiger partial charge in [-0.3, -0.25) is 4.79 Å². The van der Waals surface area contributed by atoms with Crippen molar-refractivity contribution in [3.63, 3.8) is 0 Å². The van der Waals surface area contributed by atoms with Gasteiger partial charge in [-0.25, -0.2) is 0 Å². The maximum Gasteiger partial charge on any atom is 0.255 e. The fourth-order valence-electron chi connectivity index (χ4n) is 1.69. The molecule has 2 rings (SSSR count). The fourth-order valence-corrected chi connectivity index (χ4v) is 2.09. The molecule has 100 valence electrons. The standard InChI is InChI=1S/C15H11BrN2O2/c1-20-14-7-10(9-17)5-6-13(14)18-15(19)11-3-2-4-12(16)8-11/h2-8H,1H3,(H,18,19). The summed E-state index contributed by atoms with van der Waals surface area (Å²) in [6, 6.07) is 14.0. The van der Waals surface area contributed by atoms with Crippen LogP contribution in [0.25, 0.3) is 0 Å². The van der Waals surface area contributed by atoms with E-state index in [0.717, 1.165) is 4.47 Å². The number of nitrogens with one attached hydrogen (secondary N) is 1. The van der Waals surface area contributed by atoms with Gasteiger partial charge in [-0.1, -0.05) is 22.0 Å². The van der Waals surface area contributed by atoms with Crippen molar-refractivity contribution < 1.29 is 9.53 Å². The van der Waals surface area contributed by atoms with Crippen LogP contribution in [0.1, 0.15) is 15.9 Å². The third kappa shape index (κ3) is 3.16. The number of ether oxygens (including phenoxy) is 1. The predicted molar refractivity (Wildman–Crippen MR) is 79.8 cm³/mol. The Bertz CT molecular complexity index is 693. The summed E-state index contributed by atoms with van der Waals surface area (Å²) in [4.78, 5) is 12.1. The number of nitriles is 1. The largest absolute Gasteiger partial charge is 0.495 e. The minimum absolute atomic E-state index is 0.241. The van der Waals surface area contributed by atoms with Gasteiger partial charge in [0.2, 0.25) is 0 Å². The average molecular weight is 331 g/mol. The first kappa shape index (κ1) is 14.1. The smallest absolute Gasteiger partial charge is 0.255 e. The van der Waals surface area contributed by atoms with Crippen LogP contribution in [-0.4, -0.2) is 13.0 Å². The third-order valence-corrected chi connectivity index (χ3v) is 3.16. The van der Waals surface area contributed by atoms with E-state index in [9.17, 15) is 4.79 Å². The molecule has 0 aliphatic rings. The lowest BCUT2D eigenvalue weighted by Crippen LogP contribution is -2.12. The second-order valence-electron chi connectivity index (χ2n) is 3.99. The van der Waals surface area contributed by atoms with E-state index in [-0.39, 0.29) is 5.91 Å². The molecule has 0 atom stereocenters. The Morgan fingerprint density at radius 2 is 2.10 bits per heavy atom. The van der Waals surface area contributed by atoms with E-state index >= 15 is 0 Å². The normalized spacial score (nSPS) is 9.65. The molecule has 0 aromatic heterocycles. The summed E-state index contributed by atoms with van der Waals surface area (Å²) in [5.74, 6) is 0.210. The van der Waals surface area contributed by atoms with E-state index in [4.69, 9.17) is 10.00 Å². The molecule has 0 aliphatic heterocycles. The highest BCUT2D eigenvalue weighted by Crippen LogP contribution is 2.26. The van der Waals surface area contributed by atoms with Crippen molar-refractivity contribution in [3.8, 4) is 11.8 Å². The highest BCUT2D eigenvalue weighted by molar-refractivity contribution is 9.10. The van der Waals surface area contributed by atoms with Gasteiger partial charge in [0.05, 0.1) is 24.4 Å². The molecule has 0 saturated carbocycles. The van der Waals surface area contributed by atoms with Gasteiger partial charge in [-0.05, 0) is 30.3 Å². The lowest BCUT2D eigenvalue weighted by molar-refractivity contribution is 0.102. The highest BCUT2D eigenvalue weighted by atomic mass is 79.9. The Hall–Kier alpha value is -2.32. The number of halogens is 1. The first-order chi connectivity index (χ1) is 9.63. The van der Waals surface area contributed by atoms with Crippen LogP contribution in [0.3, 0.4) is 0 Å². The van der Waals surface area contributed by atoms with Crippen molar-refractivity contribution in [2.75, 3.05) is 12.4 Å². The molecule has 0 saturated heterocycles. The van der Waals surface area contributed by atoms with Crippen molar-refractivity contribution in [1.82, 2.24) is 0 Å². The van der Waals surface area contributed by atoms with Gasteiger partial charge in [-0.2, -0.15) is 5.26 Å². The molecule has 4 nitrogen and oxygen atoms in total. The predicted octanol–water partition coefficient (Wildman–Crippen LogP) is 3.58. The zero-order valence-corrected chi connectivity index (χ0v) is 12.3. The number of anilines is 1. The second-order valence-corrected chi connectivity index (χ2v) is 4.91. The summed E-state index contributed by atoms with van der Waals surface area (Å²) in [5, 5.41) is 11.6. The van der Waals surface area contributed by atoms with E-state index in [1.807, 2.05) is 12.1 Å². The Labute approximate surface area is 125 Å². The maximum absolute atomic E-state index is 12.1. The lowest BCUT2D eigenvalue weighted by atomic mass is 10.1. The van der Waals surface area contributed by atoms with Crippen LogP contribution in [0, 0.1) is 11.3 Å². The molecule has 0 spiro atoms. The second kappa shape index (κ2) is 6.22. The minimum Gasteiger partial charge on any atom is -0.495 e. The van der Waals surface area contributed by atoms with Crippen LogP contribution < -0.4 is 10.1 Å². The zero-order valence-electron chi connectivity index (χ0n) is 10.7. The maximum atomic E-state index is 12.1. The summed E-state index contributed by atoms with van der Waals surface area (Å²) >= 11 is 3.32. The van der Waals surface area contributed by atoms with Crippen LogP contribution >= 0.6 is 15.9 Å². The fraction of sp³-hybridized carbons (Fsp3) is 0.0667. The van der Waals surface area contributed by atoms with Crippen molar-refractivity contribution in [1.29, 1.82) is 5.26 Å². The van der Waals surface area contributed by atoms with Crippen LogP contribution in [0.5, 0.6) is 5.75 Å². The Kier molecular flexibility index (Phi) is 4.38. The molecule has 0 bridgehead atoms. The van der Waals surface area contributed by atoms with Crippen LogP contribution in [0.4, 0.5) is 5.69 Å². The molecule has 0 unspecified atom stereocenters. The third-order valence-electron chi connectivity index (χ3n) is 2.67. The molecular weight excluding hydrogens is 320 g/mol. The van der Waals surface area contributed by atoms with E-state index in [1.54, 1.807) is 36.4 Å². The van der Waals surface area contributed by atoms with Gasteiger partial charge in [0, 0.05) is 16.1 Å². The molecule has 1 amide bonds. The number of amides is 1. The molecular formula is C15H11BrN2O2. The molecule has 20 heavy (non-hydrogen) atoms. The van der Waals surface area contributed by atoms with Crippen LogP contribution in [0.15, 0.2) is 46.9 Å². The number of carbonyl (C=O) groups is 1. The van der Waals surface area contributed by atoms with Crippen molar-refractivity contribution in [2.45, 2.75) is 0 Å². The van der Waals surface area contributed by atoms with E-state index < -0.39 is 0 Å². The Morgan fingerprint density at radius 3 is 2.75 bits per heavy atom. The number of methoxy groups -OCH3 is 1. The highest BCUT2D eigenvalue weighted by Gasteiger charge is 2.10. The zero-order chi connectivity index (χ0) is 14.5. The van der Waals surface area contributed by atoms with Crippen molar-refractivity contribution in [3.05, 3.63) is 58.1 Å². The van der Waals surface area contributed by atoms with E-state index in [1.165, 1.54) is 7.11 Å². The number of benzene rings is 2. The molecule has 0 fully saturated rings. The molecule has 2 aromatic carbocycles. The summed E-state index contributed by atoms with van der Waals surface area (Å²) in [5.41, 5.74) is 1.53. The number of hydrogen-bond acceptors (Lipinski definition) is 3. The quantitative estimate of drug-likeness (QED) is 0.935. The first-order valence-electron chi connectivity index (χ1n) is 5.79. The van der Waals surface area contributed by atoms with Crippen molar-refractivity contribution in [2.24, 2.45) is 0 Å². The number of nitrogens with zero attached hydrogens (tertiary/aromatic N) is 1. The summed E-state index contributed by atoms with van der Waals surface area (Å²) in [6.45, 7) is 0. The van der Waals surface area contributed by atoms with E-state index in [2.05, 4.69) is 21.2 Å². The molecule has 2 aromatic rings. The summed E-state index contributed by atoms with van der Waals surface area (Å²) in [7, 11) is 1.49. The van der Waals surface area contributed by atoms with E-state index in [0.29, 0.717) is 22.6 Å². The van der Waals surface area contributed by atoms with Crippen molar-refractivity contribution >= 4 is 27.5 Å². The molecule has 0 heterocycles. The molecule has 0 radical (unpaired) electrons. The number of carbonyl (C=O) groups excluding carboxylic acids is 1. The molecule has 1 N–H and O–H groups in total. The van der Waals surface area contributed by atoms with Gasteiger partial charge in [0.1, 0.15) is 5.75 Å².